The Bertz CT molecular complexity index is 810. The molecule has 31 heavy (non-hydrogen) atoms. The van der Waals surface area contributed by atoms with Gasteiger partial charge in [0.15, 0.2) is 0 Å². The second kappa shape index (κ2) is 8.12. The number of carbonyl (C=O) groups is 2. The van der Waals surface area contributed by atoms with Crippen LogP contribution >= 0.6 is 0 Å². The molecule has 2 aliphatic carbocycles. The molecule has 1 aromatic rings. The minimum atomic E-state index is -0.728. The molecule has 1 aliphatic heterocycles. The van der Waals surface area contributed by atoms with Crippen molar-refractivity contribution in [1.82, 2.24) is 15.1 Å². The number of urea groups is 1. The lowest BCUT2D eigenvalue weighted by Crippen LogP contribution is -2.55. The average molecular weight is 427 g/mol. The normalized spacial score (nSPS) is 28.9. The van der Waals surface area contributed by atoms with Crippen molar-refractivity contribution in [3.63, 3.8) is 0 Å². The number of hydrogen-bond donors (Lipinski definition) is 2. The van der Waals surface area contributed by atoms with E-state index in [1.54, 1.807) is 4.90 Å². The van der Waals surface area contributed by atoms with Crippen molar-refractivity contribution in [3.05, 3.63) is 35.9 Å². The summed E-state index contributed by atoms with van der Waals surface area (Å²) in [5.74, 6) is 0.548. The molecule has 3 N–H and O–H groups in total. The Morgan fingerprint density at radius 1 is 1.19 bits per heavy atom. The number of hydrogen-bond acceptors (Lipinski definition) is 3. The van der Waals surface area contributed by atoms with Crippen molar-refractivity contribution in [2.24, 2.45) is 17.1 Å². The molecule has 1 spiro atoms. The van der Waals surface area contributed by atoms with Crippen molar-refractivity contribution >= 4 is 11.9 Å². The van der Waals surface area contributed by atoms with Gasteiger partial charge in [0.2, 0.25) is 5.91 Å². The molecule has 1 aromatic carbocycles. The Morgan fingerprint density at radius 3 is 2.42 bits per heavy atom. The highest BCUT2D eigenvalue weighted by Gasteiger charge is 2.51. The van der Waals surface area contributed by atoms with E-state index in [0.717, 1.165) is 38.1 Å². The first-order chi connectivity index (χ1) is 14.7. The van der Waals surface area contributed by atoms with Crippen LogP contribution in [0.4, 0.5) is 4.79 Å². The van der Waals surface area contributed by atoms with Gasteiger partial charge in [-0.05, 0) is 71.0 Å². The van der Waals surface area contributed by atoms with E-state index in [-0.39, 0.29) is 23.0 Å². The van der Waals surface area contributed by atoms with E-state index in [1.807, 2.05) is 13.8 Å². The fourth-order valence-electron chi connectivity index (χ4n) is 5.53. The topological polar surface area (TPSA) is 78.7 Å². The molecule has 0 atom stereocenters. The zero-order valence-corrected chi connectivity index (χ0v) is 19.3. The van der Waals surface area contributed by atoms with E-state index in [2.05, 4.69) is 47.6 Å². The fourth-order valence-corrected chi connectivity index (χ4v) is 5.53. The average Bonchev–Trinajstić information content (AvgIpc) is 3.52. The van der Waals surface area contributed by atoms with Crippen molar-refractivity contribution < 1.29 is 9.59 Å². The summed E-state index contributed by atoms with van der Waals surface area (Å²) in [7, 11) is 2.28. The molecule has 1 saturated heterocycles. The summed E-state index contributed by atoms with van der Waals surface area (Å²) < 4.78 is 0. The molecule has 1 heterocycles. The predicted octanol–water partition coefficient (Wildman–Crippen LogP) is 3.46. The van der Waals surface area contributed by atoms with Gasteiger partial charge >= 0.3 is 6.03 Å². The van der Waals surface area contributed by atoms with Gasteiger partial charge in [-0.1, -0.05) is 43.2 Å². The van der Waals surface area contributed by atoms with E-state index in [9.17, 15) is 9.59 Å². The van der Waals surface area contributed by atoms with E-state index in [1.165, 1.54) is 24.8 Å². The molecule has 0 bridgehead atoms. The molecule has 3 fully saturated rings. The molecule has 2 saturated carbocycles. The van der Waals surface area contributed by atoms with Gasteiger partial charge in [0.25, 0.3) is 0 Å². The van der Waals surface area contributed by atoms with Crippen LogP contribution in [0, 0.1) is 11.3 Å². The summed E-state index contributed by atoms with van der Waals surface area (Å²) in [4.78, 5) is 28.9. The number of nitrogens with two attached hydrogens (primary N) is 1. The Balaban J connectivity index is 1.48. The van der Waals surface area contributed by atoms with Gasteiger partial charge in [-0.15, -0.1) is 0 Å². The lowest BCUT2D eigenvalue weighted by atomic mass is 9.68. The van der Waals surface area contributed by atoms with E-state index < -0.39 is 5.41 Å². The summed E-state index contributed by atoms with van der Waals surface area (Å²) in [6.07, 6.45) is 7.97. The molecule has 6 heteroatoms. The first kappa shape index (κ1) is 22.1. The van der Waals surface area contributed by atoms with Crippen molar-refractivity contribution in [2.75, 3.05) is 26.7 Å². The number of amides is 3. The van der Waals surface area contributed by atoms with Crippen molar-refractivity contribution in [3.8, 4) is 0 Å². The Morgan fingerprint density at radius 2 is 1.84 bits per heavy atom. The summed E-state index contributed by atoms with van der Waals surface area (Å²) >= 11 is 0. The lowest BCUT2D eigenvalue weighted by Gasteiger charge is -2.50. The second-order valence-electron chi connectivity index (χ2n) is 10.9. The maximum absolute atomic E-state index is 12.7. The standard InChI is InChI=1S/C25H38N4O2/c1-23(2,21(26)30)17-29-18-24(27-22(29)31)12-14-25(15-13-24,20-7-5-4-6-8-20)28(3)16-11-19-9-10-19/h4-8,19H,9-18H2,1-3H3,(H2,26,30)(H,27,31). The highest BCUT2D eigenvalue weighted by molar-refractivity contribution is 5.82. The van der Waals surface area contributed by atoms with Gasteiger partial charge in [-0.2, -0.15) is 0 Å². The largest absolute Gasteiger partial charge is 0.369 e. The summed E-state index contributed by atoms with van der Waals surface area (Å²) in [6.45, 7) is 5.76. The predicted molar refractivity (Wildman–Crippen MR) is 122 cm³/mol. The molecular formula is C25H38N4O2. The quantitative estimate of drug-likeness (QED) is 0.668. The molecule has 0 unspecified atom stereocenters. The third kappa shape index (κ3) is 4.45. The van der Waals surface area contributed by atoms with E-state index >= 15 is 0 Å². The van der Waals surface area contributed by atoms with E-state index in [0.29, 0.717) is 13.1 Å². The molecule has 3 aliphatic rings. The smallest absolute Gasteiger partial charge is 0.318 e. The number of carbonyl (C=O) groups excluding carboxylic acids is 2. The third-order valence-electron chi connectivity index (χ3n) is 8.05. The first-order valence-corrected chi connectivity index (χ1v) is 11.8. The van der Waals surface area contributed by atoms with Crippen LogP contribution in [0.25, 0.3) is 0 Å². The van der Waals surface area contributed by atoms with Gasteiger partial charge < -0.3 is 16.0 Å². The molecule has 0 radical (unpaired) electrons. The zero-order valence-electron chi connectivity index (χ0n) is 19.3. The van der Waals surface area contributed by atoms with E-state index in [4.69, 9.17) is 5.73 Å². The minimum Gasteiger partial charge on any atom is -0.369 e. The maximum atomic E-state index is 12.7. The van der Waals surface area contributed by atoms with Gasteiger partial charge in [-0.25, -0.2) is 4.79 Å². The van der Waals surface area contributed by atoms with Gasteiger partial charge in [0, 0.05) is 18.6 Å². The van der Waals surface area contributed by atoms with Crippen LogP contribution in [-0.4, -0.2) is 54.0 Å². The van der Waals surface area contributed by atoms with Gasteiger partial charge in [0.05, 0.1) is 11.0 Å². The summed E-state index contributed by atoms with van der Waals surface area (Å²) in [6, 6.07) is 10.8. The monoisotopic (exact) mass is 426 g/mol. The number of rotatable bonds is 8. The van der Waals surface area contributed by atoms with Gasteiger partial charge in [-0.3, -0.25) is 9.69 Å². The molecule has 170 valence electrons. The molecule has 6 nitrogen and oxygen atoms in total. The number of benzene rings is 1. The molecule has 4 rings (SSSR count). The number of nitrogens with one attached hydrogen (secondary N) is 1. The second-order valence-corrected chi connectivity index (χ2v) is 10.9. The summed E-state index contributed by atoms with van der Waals surface area (Å²) in [5.41, 5.74) is 6.02. The highest BCUT2D eigenvalue weighted by atomic mass is 16.2. The van der Waals surface area contributed by atoms with Crippen LogP contribution in [0.5, 0.6) is 0 Å². The zero-order chi connectivity index (χ0) is 22.3. The van der Waals surface area contributed by atoms with Crippen molar-refractivity contribution in [1.29, 1.82) is 0 Å². The van der Waals surface area contributed by atoms with Crippen LogP contribution < -0.4 is 11.1 Å². The van der Waals surface area contributed by atoms with Gasteiger partial charge in [0.1, 0.15) is 0 Å². The minimum absolute atomic E-state index is 0.0199. The maximum Gasteiger partial charge on any atom is 0.318 e. The van der Waals surface area contributed by atoms with Crippen LogP contribution in [0.15, 0.2) is 30.3 Å². The lowest BCUT2D eigenvalue weighted by molar-refractivity contribution is -0.126. The summed E-state index contributed by atoms with van der Waals surface area (Å²) in [5, 5.41) is 3.29. The van der Waals surface area contributed by atoms with Crippen LogP contribution in [0.3, 0.4) is 0 Å². The Labute approximate surface area is 186 Å². The molecular weight excluding hydrogens is 388 g/mol. The fraction of sp³-hybridized carbons (Fsp3) is 0.680. The molecule has 0 aromatic heterocycles. The first-order valence-electron chi connectivity index (χ1n) is 11.8. The Kier molecular flexibility index (Phi) is 5.80. The molecule has 3 amide bonds. The van der Waals surface area contributed by atoms with Crippen LogP contribution in [0.2, 0.25) is 0 Å². The van der Waals surface area contributed by atoms with Crippen molar-refractivity contribution in [2.45, 2.75) is 69.9 Å². The van der Waals surface area contributed by atoms with Crippen LogP contribution in [0.1, 0.15) is 64.4 Å². The number of primary amides is 1. The van der Waals surface area contributed by atoms with Crippen LogP contribution in [-0.2, 0) is 10.3 Å². The Hall–Kier alpha value is -2.08. The number of nitrogens with zero attached hydrogens (tertiary/aromatic N) is 2. The SMILES string of the molecule is CN(CCC1CC1)C1(c2ccccc2)CCC2(CC1)CN(CC(C)(C)C(N)=O)C(=O)N2. The highest BCUT2D eigenvalue weighted by Crippen LogP contribution is 2.47. The third-order valence-corrected chi connectivity index (χ3v) is 8.05.